The first-order chi connectivity index (χ1) is 15.7. The molecule has 0 saturated carbocycles. The Morgan fingerprint density at radius 1 is 1.16 bits per heavy atom. The van der Waals surface area contributed by atoms with Crippen LogP contribution in [0.5, 0.6) is 11.5 Å². The van der Waals surface area contributed by atoms with E-state index in [9.17, 15) is 4.79 Å². The Morgan fingerprint density at radius 3 is 2.91 bits per heavy atom. The molecule has 0 spiro atoms. The molecule has 1 aromatic heterocycles. The highest BCUT2D eigenvalue weighted by molar-refractivity contribution is 5.98. The van der Waals surface area contributed by atoms with Gasteiger partial charge in [-0.2, -0.15) is 0 Å². The zero-order valence-corrected chi connectivity index (χ0v) is 18.7. The second-order valence-corrected chi connectivity index (χ2v) is 8.86. The third kappa shape index (κ3) is 4.46. The molecule has 1 unspecified atom stereocenters. The van der Waals surface area contributed by atoms with Crippen LogP contribution in [0.4, 0.5) is 0 Å². The minimum Gasteiger partial charge on any atom is -0.454 e. The number of piperidine rings is 1. The highest BCUT2D eigenvalue weighted by atomic mass is 16.7. The number of carbonyl (C=O) groups excluding carboxylic acids is 1. The summed E-state index contributed by atoms with van der Waals surface area (Å²) in [6.45, 7) is 7.12. The Hall–Kier alpha value is -2.99. The third-order valence-electron chi connectivity index (χ3n) is 6.66. The van der Waals surface area contributed by atoms with Gasteiger partial charge in [0.2, 0.25) is 6.79 Å². The van der Waals surface area contributed by atoms with Gasteiger partial charge >= 0.3 is 0 Å². The van der Waals surface area contributed by atoms with Crippen LogP contribution in [-0.2, 0) is 6.42 Å². The molecule has 3 heterocycles. The van der Waals surface area contributed by atoms with Crippen molar-refractivity contribution in [3.8, 4) is 11.5 Å². The lowest BCUT2D eigenvalue weighted by Gasteiger charge is -2.35. The molecule has 0 bridgehead atoms. The number of H-pyrrole nitrogens is 1. The summed E-state index contributed by atoms with van der Waals surface area (Å²) in [6.07, 6.45) is 3.36. The van der Waals surface area contributed by atoms with Crippen molar-refractivity contribution in [2.45, 2.75) is 26.2 Å². The van der Waals surface area contributed by atoms with Crippen LogP contribution in [0.3, 0.4) is 0 Å². The lowest BCUT2D eigenvalue weighted by atomic mass is 9.96. The van der Waals surface area contributed by atoms with E-state index in [1.54, 1.807) is 0 Å². The van der Waals surface area contributed by atoms with Gasteiger partial charge in [-0.1, -0.05) is 24.3 Å². The zero-order valence-electron chi connectivity index (χ0n) is 18.7. The van der Waals surface area contributed by atoms with E-state index in [4.69, 9.17) is 9.47 Å². The highest BCUT2D eigenvalue weighted by Gasteiger charge is 2.25. The monoisotopic (exact) mass is 433 g/mol. The molecule has 6 heteroatoms. The Morgan fingerprint density at radius 2 is 2.03 bits per heavy atom. The van der Waals surface area contributed by atoms with Crippen LogP contribution < -0.4 is 9.47 Å². The number of nitrogens with one attached hydrogen (secondary N) is 1. The van der Waals surface area contributed by atoms with Crippen LogP contribution in [0.1, 0.15) is 35.8 Å². The quantitative estimate of drug-likeness (QED) is 0.603. The van der Waals surface area contributed by atoms with E-state index < -0.39 is 0 Å². The molecular weight excluding hydrogens is 402 g/mol. The molecule has 0 aliphatic carbocycles. The predicted molar refractivity (Wildman–Crippen MR) is 125 cm³/mol. The van der Waals surface area contributed by atoms with Crippen LogP contribution in [0.15, 0.2) is 48.5 Å². The fraction of sp³-hybridized carbons (Fsp3) is 0.423. The van der Waals surface area contributed by atoms with Gasteiger partial charge in [-0.15, -0.1) is 0 Å². The summed E-state index contributed by atoms with van der Waals surface area (Å²) in [5.74, 6) is 2.30. The van der Waals surface area contributed by atoms with Gasteiger partial charge in [0, 0.05) is 37.1 Å². The average molecular weight is 434 g/mol. The minimum absolute atomic E-state index is 0.0983. The van der Waals surface area contributed by atoms with Gasteiger partial charge in [0.1, 0.15) is 5.69 Å². The van der Waals surface area contributed by atoms with Gasteiger partial charge in [0.05, 0.1) is 0 Å². The summed E-state index contributed by atoms with van der Waals surface area (Å²) in [5.41, 5.74) is 2.98. The number of para-hydroxylation sites is 1. The maximum Gasteiger partial charge on any atom is 0.270 e. The summed E-state index contributed by atoms with van der Waals surface area (Å²) >= 11 is 0. The van der Waals surface area contributed by atoms with Gasteiger partial charge in [-0.05, 0) is 68.5 Å². The molecule has 3 aromatic rings. The molecular formula is C26H31N3O3. The summed E-state index contributed by atoms with van der Waals surface area (Å²) in [6, 6.07) is 16.3. The smallest absolute Gasteiger partial charge is 0.270 e. The number of ether oxygens (including phenoxy) is 2. The standard InChI is InChI=1S/C26H31N3O3/c1-2-29(26(30)23-15-21-7-3-4-8-22(21)27-23)17-20-6-5-12-28(16-20)13-11-19-9-10-24-25(14-19)32-18-31-24/h3-4,7-10,14-15,20,27H,2,5-6,11-13,16-18H2,1H3. The van der Waals surface area contributed by atoms with Crippen LogP contribution >= 0.6 is 0 Å². The number of nitrogens with zero attached hydrogens (tertiary/aromatic N) is 2. The normalized spacial score (nSPS) is 18.2. The fourth-order valence-corrected chi connectivity index (χ4v) is 4.91. The SMILES string of the molecule is CCN(CC1CCCN(CCc2ccc3c(c2)OCO3)C1)C(=O)c1cc2ccccc2[nH]1. The number of aromatic amines is 1. The average Bonchev–Trinajstić information content (AvgIpc) is 3.47. The van der Waals surface area contributed by atoms with Gasteiger partial charge in [-0.3, -0.25) is 4.79 Å². The molecule has 1 N–H and O–H groups in total. The van der Waals surface area contributed by atoms with E-state index in [0.717, 1.165) is 61.5 Å². The highest BCUT2D eigenvalue weighted by Crippen LogP contribution is 2.32. The molecule has 168 valence electrons. The molecule has 0 radical (unpaired) electrons. The van der Waals surface area contributed by atoms with Crippen molar-refractivity contribution < 1.29 is 14.3 Å². The number of likely N-dealkylation sites (tertiary alicyclic amines) is 1. The van der Waals surface area contributed by atoms with Gasteiger partial charge in [0.25, 0.3) is 5.91 Å². The van der Waals surface area contributed by atoms with E-state index in [-0.39, 0.29) is 5.91 Å². The molecule has 1 atom stereocenters. The number of rotatable bonds is 7. The Labute approximate surface area is 189 Å². The molecule has 2 aromatic carbocycles. The van der Waals surface area contributed by atoms with Crippen LogP contribution in [0.25, 0.3) is 10.9 Å². The van der Waals surface area contributed by atoms with Gasteiger partial charge in [-0.25, -0.2) is 0 Å². The minimum atomic E-state index is 0.0983. The number of hydrogen-bond acceptors (Lipinski definition) is 4. The molecule has 1 fully saturated rings. The van der Waals surface area contributed by atoms with Crippen molar-refractivity contribution in [3.63, 3.8) is 0 Å². The van der Waals surface area contributed by atoms with Crippen molar-refractivity contribution >= 4 is 16.8 Å². The van der Waals surface area contributed by atoms with E-state index in [2.05, 4.69) is 28.9 Å². The molecule has 2 aliphatic heterocycles. The topological polar surface area (TPSA) is 57.8 Å². The number of benzene rings is 2. The number of hydrogen-bond donors (Lipinski definition) is 1. The molecule has 32 heavy (non-hydrogen) atoms. The third-order valence-corrected chi connectivity index (χ3v) is 6.66. The fourth-order valence-electron chi connectivity index (χ4n) is 4.91. The lowest BCUT2D eigenvalue weighted by molar-refractivity contribution is 0.0686. The maximum atomic E-state index is 13.2. The second-order valence-electron chi connectivity index (χ2n) is 8.86. The first-order valence-corrected chi connectivity index (χ1v) is 11.7. The van der Waals surface area contributed by atoms with E-state index in [1.165, 1.54) is 18.4 Å². The van der Waals surface area contributed by atoms with Crippen molar-refractivity contribution in [1.82, 2.24) is 14.8 Å². The van der Waals surface area contributed by atoms with Crippen molar-refractivity contribution in [2.24, 2.45) is 5.92 Å². The number of aromatic nitrogens is 1. The Balaban J connectivity index is 1.17. The predicted octanol–water partition coefficient (Wildman–Crippen LogP) is 4.31. The molecule has 2 aliphatic rings. The Bertz CT molecular complexity index is 1060. The van der Waals surface area contributed by atoms with Crippen LogP contribution in [-0.4, -0.2) is 60.2 Å². The summed E-state index contributed by atoms with van der Waals surface area (Å²) in [5, 5.41) is 1.08. The molecule has 1 amide bonds. The molecule has 1 saturated heterocycles. The summed E-state index contributed by atoms with van der Waals surface area (Å²) in [4.78, 5) is 21.0. The van der Waals surface area contributed by atoms with Crippen LogP contribution in [0, 0.1) is 5.92 Å². The van der Waals surface area contributed by atoms with Crippen LogP contribution in [0.2, 0.25) is 0 Å². The second kappa shape index (κ2) is 9.25. The maximum absolute atomic E-state index is 13.2. The summed E-state index contributed by atoms with van der Waals surface area (Å²) < 4.78 is 10.9. The lowest BCUT2D eigenvalue weighted by Crippen LogP contribution is -2.43. The zero-order chi connectivity index (χ0) is 21.9. The van der Waals surface area contributed by atoms with E-state index in [1.807, 2.05) is 41.3 Å². The number of fused-ring (bicyclic) bond motifs is 2. The van der Waals surface area contributed by atoms with Gasteiger partial charge < -0.3 is 24.3 Å². The van der Waals surface area contributed by atoms with Crippen molar-refractivity contribution in [3.05, 3.63) is 59.8 Å². The number of carbonyl (C=O) groups is 1. The van der Waals surface area contributed by atoms with Crippen molar-refractivity contribution in [1.29, 1.82) is 0 Å². The first-order valence-electron chi connectivity index (χ1n) is 11.7. The van der Waals surface area contributed by atoms with Gasteiger partial charge in [0.15, 0.2) is 11.5 Å². The Kier molecular flexibility index (Phi) is 6.04. The van der Waals surface area contributed by atoms with Crippen molar-refractivity contribution in [2.75, 3.05) is 39.5 Å². The molecule has 5 rings (SSSR count). The summed E-state index contributed by atoms with van der Waals surface area (Å²) in [7, 11) is 0. The molecule has 6 nitrogen and oxygen atoms in total. The van der Waals surface area contributed by atoms with E-state index >= 15 is 0 Å². The largest absolute Gasteiger partial charge is 0.454 e. The number of amides is 1. The first kappa shape index (κ1) is 20.9. The van der Waals surface area contributed by atoms with E-state index in [0.29, 0.717) is 18.4 Å².